The van der Waals surface area contributed by atoms with Crippen LogP contribution in [-0.2, 0) is 16.1 Å². The quantitative estimate of drug-likeness (QED) is 0.612. The largest absolute Gasteiger partial charge is 0.493 e. The average Bonchev–Trinajstić information content (AvgIpc) is 3.29. The lowest BCUT2D eigenvalue weighted by Crippen LogP contribution is -2.45. The molecular weight excluding hydrogens is 432 g/mol. The van der Waals surface area contributed by atoms with E-state index in [1.807, 2.05) is 0 Å². The summed E-state index contributed by atoms with van der Waals surface area (Å²) >= 11 is 0. The van der Waals surface area contributed by atoms with E-state index in [0.717, 1.165) is 5.56 Å². The van der Waals surface area contributed by atoms with Crippen molar-refractivity contribution < 1.29 is 38.0 Å². The van der Waals surface area contributed by atoms with Gasteiger partial charge in [0, 0.05) is 5.70 Å². The predicted octanol–water partition coefficient (Wildman–Crippen LogP) is 2.81. The van der Waals surface area contributed by atoms with Crippen molar-refractivity contribution in [1.29, 1.82) is 0 Å². The van der Waals surface area contributed by atoms with Gasteiger partial charge >= 0.3 is 12.0 Å². The van der Waals surface area contributed by atoms with Gasteiger partial charge in [-0.15, -0.1) is 0 Å². The van der Waals surface area contributed by atoms with Crippen LogP contribution >= 0.6 is 0 Å². The number of ether oxygens (including phenoxy) is 6. The summed E-state index contributed by atoms with van der Waals surface area (Å²) < 4.78 is 32.4. The first-order chi connectivity index (χ1) is 15.9. The van der Waals surface area contributed by atoms with Crippen LogP contribution in [0.1, 0.15) is 24.1 Å². The molecule has 10 nitrogen and oxygen atoms in total. The summed E-state index contributed by atoms with van der Waals surface area (Å²) in [6.45, 7) is 1.82. The van der Waals surface area contributed by atoms with E-state index in [-0.39, 0.29) is 19.0 Å². The maximum atomic E-state index is 13.1. The molecule has 2 heterocycles. The van der Waals surface area contributed by atoms with Gasteiger partial charge in [-0.1, -0.05) is 6.07 Å². The summed E-state index contributed by atoms with van der Waals surface area (Å²) in [5.41, 5.74) is 1.94. The van der Waals surface area contributed by atoms with E-state index in [1.165, 1.54) is 21.3 Å². The highest BCUT2D eigenvalue weighted by atomic mass is 16.7. The molecule has 0 bridgehead atoms. The number of hydrogen-bond donors (Lipinski definition) is 2. The Balaban J connectivity index is 1.62. The van der Waals surface area contributed by atoms with Crippen molar-refractivity contribution in [2.45, 2.75) is 19.6 Å². The number of carbonyl (C=O) groups is 2. The first-order valence-electron chi connectivity index (χ1n) is 10.1. The van der Waals surface area contributed by atoms with Crippen molar-refractivity contribution in [3.05, 3.63) is 52.7 Å². The van der Waals surface area contributed by atoms with Crippen LogP contribution in [0.25, 0.3) is 0 Å². The highest BCUT2D eigenvalue weighted by molar-refractivity contribution is 5.95. The maximum absolute atomic E-state index is 13.1. The highest BCUT2D eigenvalue weighted by Gasteiger charge is 2.33. The van der Waals surface area contributed by atoms with Crippen LogP contribution < -0.4 is 34.3 Å². The van der Waals surface area contributed by atoms with Crippen molar-refractivity contribution in [2.75, 3.05) is 28.1 Å². The third-order valence-electron chi connectivity index (χ3n) is 5.32. The SMILES string of the molecule is COc1cc(C2NC(=O)NC(C)=C2C(=O)OCc2ccc3c(c2)OCO3)cc(OC)c1OC. The van der Waals surface area contributed by atoms with Crippen molar-refractivity contribution in [1.82, 2.24) is 10.6 Å². The summed E-state index contributed by atoms with van der Waals surface area (Å²) in [5, 5.41) is 5.40. The second-order valence-corrected chi connectivity index (χ2v) is 7.29. The monoisotopic (exact) mass is 456 g/mol. The lowest BCUT2D eigenvalue weighted by Gasteiger charge is -2.29. The maximum Gasteiger partial charge on any atom is 0.338 e. The predicted molar refractivity (Wildman–Crippen MR) is 116 cm³/mol. The van der Waals surface area contributed by atoms with E-state index >= 15 is 0 Å². The molecule has 174 valence electrons. The first-order valence-corrected chi connectivity index (χ1v) is 10.1. The topological polar surface area (TPSA) is 114 Å². The zero-order valence-corrected chi connectivity index (χ0v) is 18.6. The van der Waals surface area contributed by atoms with Crippen molar-refractivity contribution in [3.8, 4) is 28.7 Å². The molecule has 0 saturated carbocycles. The second-order valence-electron chi connectivity index (χ2n) is 7.29. The fourth-order valence-electron chi connectivity index (χ4n) is 3.74. The number of carbonyl (C=O) groups excluding carboxylic acids is 2. The molecule has 2 aromatic carbocycles. The van der Waals surface area contributed by atoms with E-state index in [9.17, 15) is 9.59 Å². The molecule has 4 rings (SSSR count). The number of rotatable bonds is 7. The highest BCUT2D eigenvalue weighted by Crippen LogP contribution is 2.41. The third-order valence-corrected chi connectivity index (χ3v) is 5.32. The van der Waals surface area contributed by atoms with Crippen LogP contribution in [0.4, 0.5) is 4.79 Å². The lowest BCUT2D eigenvalue weighted by molar-refractivity contribution is -0.140. The number of fused-ring (bicyclic) bond motifs is 1. The average molecular weight is 456 g/mol. The molecule has 0 aliphatic carbocycles. The van der Waals surface area contributed by atoms with E-state index in [1.54, 1.807) is 37.3 Å². The zero-order chi connectivity index (χ0) is 23.5. The van der Waals surface area contributed by atoms with E-state index in [2.05, 4.69) is 10.6 Å². The molecule has 33 heavy (non-hydrogen) atoms. The Morgan fingerprint density at radius 2 is 1.73 bits per heavy atom. The van der Waals surface area contributed by atoms with Crippen LogP contribution in [0.2, 0.25) is 0 Å². The molecule has 2 amide bonds. The summed E-state index contributed by atoms with van der Waals surface area (Å²) in [5.74, 6) is 1.84. The third kappa shape index (κ3) is 4.32. The molecule has 2 aromatic rings. The Bertz CT molecular complexity index is 1100. The van der Waals surface area contributed by atoms with Crippen LogP contribution in [0.15, 0.2) is 41.6 Å². The van der Waals surface area contributed by atoms with Gasteiger partial charge in [0.15, 0.2) is 23.0 Å². The molecule has 0 aromatic heterocycles. The van der Waals surface area contributed by atoms with Crippen LogP contribution in [0, 0.1) is 0 Å². The minimum atomic E-state index is -0.795. The van der Waals surface area contributed by atoms with Gasteiger partial charge in [-0.3, -0.25) is 0 Å². The molecule has 2 aliphatic rings. The zero-order valence-electron chi connectivity index (χ0n) is 18.6. The molecule has 0 radical (unpaired) electrons. The Morgan fingerprint density at radius 3 is 2.39 bits per heavy atom. The molecule has 1 atom stereocenters. The summed E-state index contributed by atoms with van der Waals surface area (Å²) in [4.78, 5) is 25.3. The molecule has 0 spiro atoms. The summed E-state index contributed by atoms with van der Waals surface area (Å²) in [7, 11) is 4.47. The lowest BCUT2D eigenvalue weighted by atomic mass is 9.95. The molecule has 2 N–H and O–H groups in total. The molecule has 1 unspecified atom stereocenters. The van der Waals surface area contributed by atoms with Crippen molar-refractivity contribution >= 4 is 12.0 Å². The minimum Gasteiger partial charge on any atom is -0.493 e. The molecular formula is C23H24N2O8. The van der Waals surface area contributed by atoms with Crippen LogP contribution in [-0.4, -0.2) is 40.1 Å². The second kappa shape index (κ2) is 9.19. The van der Waals surface area contributed by atoms with E-state index in [4.69, 9.17) is 28.4 Å². The normalized spacial score (nSPS) is 16.6. The van der Waals surface area contributed by atoms with E-state index in [0.29, 0.717) is 40.0 Å². The van der Waals surface area contributed by atoms with Gasteiger partial charge in [0.2, 0.25) is 12.5 Å². The summed E-state index contributed by atoms with van der Waals surface area (Å²) in [6, 6.07) is 7.42. The Hall–Kier alpha value is -4.08. The van der Waals surface area contributed by atoms with Gasteiger partial charge in [0.25, 0.3) is 0 Å². The Morgan fingerprint density at radius 1 is 1.03 bits per heavy atom. The van der Waals surface area contributed by atoms with E-state index < -0.39 is 18.0 Å². The van der Waals surface area contributed by atoms with Crippen LogP contribution in [0.3, 0.4) is 0 Å². The van der Waals surface area contributed by atoms with Gasteiger partial charge in [-0.2, -0.15) is 0 Å². The number of nitrogens with one attached hydrogen (secondary N) is 2. The molecule has 10 heteroatoms. The van der Waals surface area contributed by atoms with Crippen LogP contribution in [0.5, 0.6) is 28.7 Å². The van der Waals surface area contributed by atoms with Crippen molar-refractivity contribution in [3.63, 3.8) is 0 Å². The van der Waals surface area contributed by atoms with Gasteiger partial charge in [-0.25, -0.2) is 9.59 Å². The number of amides is 2. The molecule has 0 saturated heterocycles. The molecule has 2 aliphatic heterocycles. The number of urea groups is 1. The van der Waals surface area contributed by atoms with Gasteiger partial charge in [0.05, 0.1) is 32.9 Å². The summed E-state index contributed by atoms with van der Waals surface area (Å²) in [6.07, 6.45) is 0. The fourth-order valence-corrected chi connectivity index (χ4v) is 3.74. The smallest absolute Gasteiger partial charge is 0.338 e. The molecule has 0 fully saturated rings. The number of benzene rings is 2. The Kier molecular flexibility index (Phi) is 6.16. The number of hydrogen-bond acceptors (Lipinski definition) is 8. The van der Waals surface area contributed by atoms with Gasteiger partial charge in [-0.05, 0) is 42.3 Å². The Labute approximate surface area is 190 Å². The minimum absolute atomic E-state index is 0.0160. The first kappa shape index (κ1) is 22.1. The fraction of sp³-hybridized carbons (Fsp3) is 0.304. The van der Waals surface area contributed by atoms with Crippen molar-refractivity contribution in [2.24, 2.45) is 0 Å². The van der Waals surface area contributed by atoms with Gasteiger partial charge in [0.1, 0.15) is 6.61 Å². The standard InChI is InChI=1S/C23H24N2O8/c1-12-19(22(26)31-10-13-5-6-15-16(7-13)33-11-32-15)20(25-23(27)24-12)14-8-17(28-2)21(30-4)18(9-14)29-3/h5-9,20H,10-11H2,1-4H3,(H2,24,25,27). The van der Waals surface area contributed by atoms with Gasteiger partial charge < -0.3 is 39.1 Å². The number of methoxy groups -OCH3 is 3. The number of esters is 1. The number of allylic oxidation sites excluding steroid dienone is 1.